The van der Waals surface area contributed by atoms with Gasteiger partial charge in [0.2, 0.25) is 0 Å². The molecule has 2 N–H and O–H groups in total. The number of β-amino-alcohol motifs (C(OH)–C–C–N with tert-alkyl or cyclic N) is 1. The van der Waals surface area contributed by atoms with E-state index >= 15 is 0 Å². The van der Waals surface area contributed by atoms with Crippen LogP contribution in [-0.2, 0) is 0 Å². The minimum atomic E-state index is -0.580. The van der Waals surface area contributed by atoms with Gasteiger partial charge in [0, 0.05) is 18.1 Å². The third-order valence-corrected chi connectivity index (χ3v) is 4.57. The van der Waals surface area contributed by atoms with E-state index in [1.54, 1.807) is 12.1 Å². The zero-order valence-electron chi connectivity index (χ0n) is 12.7. The summed E-state index contributed by atoms with van der Waals surface area (Å²) >= 11 is 11.8. The Labute approximate surface area is 141 Å². The summed E-state index contributed by atoms with van der Waals surface area (Å²) in [5, 5.41) is 13.6. The number of carbonyl (C=O) groups excluding carboxylic acids is 1. The van der Waals surface area contributed by atoms with Crippen LogP contribution in [0.5, 0.6) is 0 Å². The maximum Gasteiger partial charge on any atom is 0.252 e. The predicted molar refractivity (Wildman–Crippen MR) is 89.6 cm³/mol. The van der Waals surface area contributed by atoms with Crippen molar-refractivity contribution in [1.82, 2.24) is 10.2 Å². The number of hydrogen-bond acceptors (Lipinski definition) is 3. The Morgan fingerprint density at radius 2 is 2.09 bits per heavy atom. The highest BCUT2D eigenvalue weighted by molar-refractivity contribution is 6.36. The van der Waals surface area contributed by atoms with E-state index in [2.05, 4.69) is 17.1 Å². The minimum absolute atomic E-state index is 0.212. The van der Waals surface area contributed by atoms with Gasteiger partial charge in [-0.2, -0.15) is 0 Å². The van der Waals surface area contributed by atoms with Crippen molar-refractivity contribution in [3.05, 3.63) is 33.8 Å². The van der Waals surface area contributed by atoms with Gasteiger partial charge in [-0.15, -0.1) is 0 Å². The first-order valence-corrected chi connectivity index (χ1v) is 8.35. The lowest BCUT2D eigenvalue weighted by Gasteiger charge is -2.31. The molecule has 1 saturated heterocycles. The second kappa shape index (κ2) is 8.16. The molecule has 4 nitrogen and oxygen atoms in total. The highest BCUT2D eigenvalue weighted by atomic mass is 35.5. The number of hydrogen-bond donors (Lipinski definition) is 2. The molecular formula is C16H22Cl2N2O2. The first kappa shape index (κ1) is 17.5. The van der Waals surface area contributed by atoms with Crippen molar-refractivity contribution in [2.45, 2.75) is 25.9 Å². The Kier molecular flexibility index (Phi) is 6.50. The summed E-state index contributed by atoms with van der Waals surface area (Å²) in [6.07, 6.45) is 1.75. The number of benzene rings is 1. The Balaban J connectivity index is 1.78. The summed E-state index contributed by atoms with van der Waals surface area (Å²) in [6.45, 7) is 5.07. The van der Waals surface area contributed by atoms with E-state index in [0.717, 1.165) is 19.0 Å². The van der Waals surface area contributed by atoms with E-state index in [0.29, 0.717) is 22.2 Å². The molecule has 122 valence electrons. The van der Waals surface area contributed by atoms with Crippen LogP contribution >= 0.6 is 23.2 Å². The van der Waals surface area contributed by atoms with Gasteiger partial charge in [-0.05, 0) is 50.0 Å². The fourth-order valence-electron chi connectivity index (χ4n) is 2.59. The zero-order valence-corrected chi connectivity index (χ0v) is 14.2. The van der Waals surface area contributed by atoms with E-state index in [9.17, 15) is 9.90 Å². The maximum absolute atomic E-state index is 12.1. The number of carbonyl (C=O) groups is 1. The van der Waals surface area contributed by atoms with Crippen LogP contribution in [0, 0.1) is 5.92 Å². The van der Waals surface area contributed by atoms with Crippen LogP contribution in [0.1, 0.15) is 30.1 Å². The van der Waals surface area contributed by atoms with Gasteiger partial charge >= 0.3 is 0 Å². The van der Waals surface area contributed by atoms with Crippen LogP contribution in [0.4, 0.5) is 0 Å². The van der Waals surface area contributed by atoms with Crippen LogP contribution in [-0.4, -0.2) is 48.2 Å². The Hall–Kier alpha value is -0.810. The van der Waals surface area contributed by atoms with Gasteiger partial charge in [0.1, 0.15) is 0 Å². The summed E-state index contributed by atoms with van der Waals surface area (Å²) in [7, 11) is 0. The van der Waals surface area contributed by atoms with Gasteiger partial charge in [-0.1, -0.05) is 30.1 Å². The van der Waals surface area contributed by atoms with Gasteiger partial charge in [-0.25, -0.2) is 0 Å². The van der Waals surface area contributed by atoms with Crippen LogP contribution < -0.4 is 5.32 Å². The maximum atomic E-state index is 12.1. The molecule has 1 amide bonds. The fraction of sp³-hybridized carbons (Fsp3) is 0.562. The van der Waals surface area contributed by atoms with Crippen LogP contribution in [0.25, 0.3) is 0 Å². The van der Waals surface area contributed by atoms with E-state index in [1.807, 2.05) is 0 Å². The molecular weight excluding hydrogens is 323 g/mol. The molecule has 1 heterocycles. The molecule has 2 rings (SSSR count). The molecule has 1 aromatic rings. The summed E-state index contributed by atoms with van der Waals surface area (Å²) in [5.41, 5.74) is 0.366. The van der Waals surface area contributed by atoms with Crippen LogP contribution in [0.15, 0.2) is 18.2 Å². The van der Waals surface area contributed by atoms with Crippen molar-refractivity contribution in [1.29, 1.82) is 0 Å². The van der Waals surface area contributed by atoms with Gasteiger partial charge in [0.05, 0.1) is 16.7 Å². The molecule has 0 unspecified atom stereocenters. The molecule has 1 aliphatic rings. The number of nitrogens with zero attached hydrogens (tertiary/aromatic N) is 1. The molecule has 22 heavy (non-hydrogen) atoms. The fourth-order valence-corrected chi connectivity index (χ4v) is 3.08. The molecule has 6 heteroatoms. The minimum Gasteiger partial charge on any atom is -0.390 e. The first-order valence-electron chi connectivity index (χ1n) is 7.59. The summed E-state index contributed by atoms with van der Waals surface area (Å²) in [6, 6.07) is 4.73. The third-order valence-electron chi connectivity index (χ3n) is 4.02. The van der Waals surface area contributed by atoms with Gasteiger partial charge < -0.3 is 15.3 Å². The van der Waals surface area contributed by atoms with E-state index in [1.165, 1.54) is 18.9 Å². The number of rotatable bonds is 5. The van der Waals surface area contributed by atoms with Gasteiger partial charge in [0.15, 0.2) is 0 Å². The molecule has 1 aromatic carbocycles. The van der Waals surface area contributed by atoms with Crippen molar-refractivity contribution in [2.24, 2.45) is 5.92 Å². The second-order valence-electron chi connectivity index (χ2n) is 5.97. The van der Waals surface area contributed by atoms with Crippen LogP contribution in [0.3, 0.4) is 0 Å². The number of nitrogens with one attached hydrogen (secondary N) is 1. The second-order valence-corrected chi connectivity index (χ2v) is 6.81. The Morgan fingerprint density at radius 3 is 2.73 bits per heavy atom. The zero-order chi connectivity index (χ0) is 16.1. The van der Waals surface area contributed by atoms with Crippen molar-refractivity contribution in [3.8, 4) is 0 Å². The number of halogens is 2. The van der Waals surface area contributed by atoms with Crippen molar-refractivity contribution >= 4 is 29.1 Å². The SMILES string of the molecule is CC1CCN(C[C@H](O)CNC(=O)c2ccc(Cl)cc2Cl)CC1. The highest BCUT2D eigenvalue weighted by Gasteiger charge is 2.19. The molecule has 1 atom stereocenters. The predicted octanol–water partition coefficient (Wildman–Crippen LogP) is 2.82. The van der Waals surface area contributed by atoms with Gasteiger partial charge in [-0.3, -0.25) is 4.79 Å². The largest absolute Gasteiger partial charge is 0.390 e. The van der Waals surface area contributed by atoms with Gasteiger partial charge in [0.25, 0.3) is 5.91 Å². The highest BCUT2D eigenvalue weighted by Crippen LogP contribution is 2.20. The van der Waals surface area contributed by atoms with E-state index in [4.69, 9.17) is 23.2 Å². The van der Waals surface area contributed by atoms with Crippen molar-refractivity contribution in [2.75, 3.05) is 26.2 Å². The molecule has 0 aliphatic carbocycles. The smallest absolute Gasteiger partial charge is 0.252 e. The number of amides is 1. The molecule has 1 aliphatic heterocycles. The van der Waals surface area contributed by atoms with Crippen molar-refractivity contribution < 1.29 is 9.90 Å². The first-order chi connectivity index (χ1) is 10.5. The number of aliphatic hydroxyl groups is 1. The number of piperidine rings is 1. The molecule has 0 aromatic heterocycles. The summed E-state index contributed by atoms with van der Waals surface area (Å²) < 4.78 is 0. The molecule has 1 fully saturated rings. The Morgan fingerprint density at radius 1 is 1.41 bits per heavy atom. The van der Waals surface area contributed by atoms with E-state index in [-0.39, 0.29) is 12.5 Å². The average molecular weight is 345 g/mol. The summed E-state index contributed by atoms with van der Waals surface area (Å²) in [4.78, 5) is 14.3. The lowest BCUT2D eigenvalue weighted by molar-refractivity contribution is 0.0795. The third kappa shape index (κ3) is 5.13. The standard InChI is InChI=1S/C16H22Cl2N2O2/c1-11-4-6-20(7-5-11)10-13(21)9-19-16(22)14-3-2-12(17)8-15(14)18/h2-3,8,11,13,21H,4-7,9-10H2,1H3,(H,19,22)/t13-/m1/s1. The summed E-state index contributed by atoms with van der Waals surface area (Å²) in [5.74, 6) is 0.466. The molecule has 0 spiro atoms. The lowest BCUT2D eigenvalue weighted by atomic mass is 9.99. The number of likely N-dealkylation sites (tertiary alicyclic amines) is 1. The van der Waals surface area contributed by atoms with Crippen molar-refractivity contribution in [3.63, 3.8) is 0 Å². The topological polar surface area (TPSA) is 52.6 Å². The normalized spacial score (nSPS) is 18.2. The van der Waals surface area contributed by atoms with Crippen LogP contribution in [0.2, 0.25) is 10.0 Å². The average Bonchev–Trinajstić information content (AvgIpc) is 2.47. The lowest BCUT2D eigenvalue weighted by Crippen LogP contribution is -2.43. The Bertz CT molecular complexity index is 517. The monoisotopic (exact) mass is 344 g/mol. The molecule has 0 saturated carbocycles. The molecule has 0 bridgehead atoms. The quantitative estimate of drug-likeness (QED) is 0.863. The van der Waals surface area contributed by atoms with E-state index < -0.39 is 6.10 Å². The molecule has 0 radical (unpaired) electrons. The number of aliphatic hydroxyl groups excluding tert-OH is 1.